The van der Waals surface area contributed by atoms with E-state index in [1.165, 1.54) is 6.42 Å². The molecule has 2 aromatic heterocycles. The second-order valence-corrected chi connectivity index (χ2v) is 9.69. The number of fused-ring (bicyclic) bond motifs is 3. The first-order chi connectivity index (χ1) is 17.2. The number of hydrogen-bond acceptors (Lipinski definition) is 4. The van der Waals surface area contributed by atoms with E-state index >= 15 is 4.39 Å². The lowest BCUT2D eigenvalue weighted by atomic mass is 9.99. The van der Waals surface area contributed by atoms with Crippen LogP contribution in [-0.2, 0) is 0 Å². The highest BCUT2D eigenvalue weighted by molar-refractivity contribution is 6.05. The second kappa shape index (κ2) is 8.29. The minimum absolute atomic E-state index is 0.232. The first-order valence-electron chi connectivity index (χ1n) is 12.5. The summed E-state index contributed by atoms with van der Waals surface area (Å²) in [5.41, 5.74) is 5.13. The maximum atomic E-state index is 15.2. The van der Waals surface area contributed by atoms with E-state index in [2.05, 4.69) is 55.9 Å². The largest absolute Gasteiger partial charge is 0.341 e. The van der Waals surface area contributed by atoms with Gasteiger partial charge in [-0.15, -0.1) is 0 Å². The van der Waals surface area contributed by atoms with Crippen LogP contribution in [0.25, 0.3) is 44.2 Å². The normalized spacial score (nSPS) is 20.4. The Morgan fingerprint density at radius 1 is 0.800 bits per heavy atom. The van der Waals surface area contributed by atoms with E-state index in [9.17, 15) is 0 Å². The zero-order valence-corrected chi connectivity index (χ0v) is 19.4. The van der Waals surface area contributed by atoms with E-state index < -0.39 is 0 Å². The average molecular weight is 467 g/mol. The van der Waals surface area contributed by atoms with Crippen molar-refractivity contribution >= 4 is 21.8 Å². The van der Waals surface area contributed by atoms with Gasteiger partial charge < -0.3 is 20.6 Å². The van der Waals surface area contributed by atoms with Gasteiger partial charge in [-0.3, -0.25) is 0 Å². The first kappa shape index (κ1) is 20.8. The number of hydrogen-bond donors (Lipinski definition) is 4. The zero-order chi connectivity index (χ0) is 23.4. The Morgan fingerprint density at radius 3 is 2.34 bits per heavy atom. The number of nitrogens with one attached hydrogen (secondary N) is 4. The highest BCUT2D eigenvalue weighted by atomic mass is 19.1. The molecule has 3 aromatic carbocycles. The van der Waals surface area contributed by atoms with E-state index in [4.69, 9.17) is 4.98 Å². The summed E-state index contributed by atoms with van der Waals surface area (Å²) in [6, 6.07) is 16.4. The van der Waals surface area contributed by atoms with Crippen LogP contribution in [0, 0.1) is 5.82 Å². The summed E-state index contributed by atoms with van der Waals surface area (Å²) in [5.74, 6) is 1.64. The molecule has 4 N–H and O–H groups in total. The molecule has 0 spiro atoms. The molecule has 0 radical (unpaired) electrons. The molecule has 2 saturated heterocycles. The molecule has 176 valence electrons. The Bertz CT molecular complexity index is 1540. The predicted octanol–water partition coefficient (Wildman–Crippen LogP) is 5.76. The fraction of sp³-hybridized carbons (Fsp3) is 0.286. The van der Waals surface area contributed by atoms with Crippen molar-refractivity contribution in [2.75, 3.05) is 13.1 Å². The summed E-state index contributed by atoms with van der Waals surface area (Å²) in [4.78, 5) is 16.2. The van der Waals surface area contributed by atoms with Crippen LogP contribution in [-0.4, -0.2) is 33.0 Å². The van der Waals surface area contributed by atoms with Gasteiger partial charge in [0, 0.05) is 10.9 Å². The molecule has 7 heteroatoms. The lowest BCUT2D eigenvalue weighted by molar-refractivity contribution is 0.612. The van der Waals surface area contributed by atoms with Gasteiger partial charge in [0.05, 0.1) is 35.0 Å². The number of halogens is 1. The van der Waals surface area contributed by atoms with Gasteiger partial charge in [0.15, 0.2) is 0 Å². The highest BCUT2D eigenvalue weighted by Crippen LogP contribution is 2.33. The third-order valence-electron chi connectivity index (χ3n) is 7.46. The quantitative estimate of drug-likeness (QED) is 0.271. The highest BCUT2D eigenvalue weighted by Gasteiger charge is 2.21. The van der Waals surface area contributed by atoms with Crippen LogP contribution in [0.3, 0.4) is 0 Å². The summed E-state index contributed by atoms with van der Waals surface area (Å²) in [5, 5.41) is 9.14. The fourth-order valence-corrected chi connectivity index (χ4v) is 5.57. The topological polar surface area (TPSA) is 81.4 Å². The van der Waals surface area contributed by atoms with Gasteiger partial charge in [0.25, 0.3) is 0 Å². The van der Waals surface area contributed by atoms with Crippen LogP contribution >= 0.6 is 0 Å². The van der Waals surface area contributed by atoms with Gasteiger partial charge in [-0.2, -0.15) is 0 Å². The molecule has 0 bridgehead atoms. The molecule has 2 aliphatic rings. The molecule has 0 unspecified atom stereocenters. The van der Waals surface area contributed by atoms with Crippen molar-refractivity contribution in [2.24, 2.45) is 0 Å². The number of aromatic nitrogens is 4. The van der Waals surface area contributed by atoms with Crippen LogP contribution in [0.5, 0.6) is 0 Å². The van der Waals surface area contributed by atoms with Gasteiger partial charge in [-0.25, -0.2) is 14.4 Å². The van der Waals surface area contributed by atoms with Gasteiger partial charge in [-0.1, -0.05) is 24.3 Å². The van der Waals surface area contributed by atoms with E-state index in [0.717, 1.165) is 76.9 Å². The number of imidazole rings is 2. The van der Waals surface area contributed by atoms with Gasteiger partial charge in [-0.05, 0) is 79.6 Å². The van der Waals surface area contributed by atoms with Crippen molar-refractivity contribution < 1.29 is 4.39 Å². The Morgan fingerprint density at radius 2 is 1.57 bits per heavy atom. The van der Waals surface area contributed by atoms with E-state index in [0.29, 0.717) is 17.3 Å². The minimum Gasteiger partial charge on any atom is -0.341 e. The van der Waals surface area contributed by atoms with E-state index in [1.54, 1.807) is 12.3 Å². The third-order valence-corrected chi connectivity index (χ3v) is 7.46. The van der Waals surface area contributed by atoms with Crippen molar-refractivity contribution in [1.82, 2.24) is 30.6 Å². The molecule has 2 aliphatic heterocycles. The number of aromatic amines is 2. The van der Waals surface area contributed by atoms with E-state index in [1.807, 2.05) is 12.1 Å². The third kappa shape index (κ3) is 3.63. The Balaban J connectivity index is 1.21. The van der Waals surface area contributed by atoms with Gasteiger partial charge in [0.2, 0.25) is 0 Å². The Hall–Kier alpha value is -3.55. The summed E-state index contributed by atoms with van der Waals surface area (Å²) in [7, 11) is 0. The van der Waals surface area contributed by atoms with E-state index in [-0.39, 0.29) is 11.9 Å². The van der Waals surface area contributed by atoms with Crippen LogP contribution in [0.15, 0.2) is 54.7 Å². The molecule has 7 rings (SSSR count). The maximum absolute atomic E-state index is 15.2. The standard InChI is InChI=1S/C28H27FN6/c29-21-14-17(6-9-20(21)25-15-32-27(34-25)23-3-1-11-30-23)16-5-8-19-18(13-16)7-10-22-26(19)35-28(33-22)24-4-2-12-31-24/h5-10,13-15,23-24,30-31H,1-4,11-12H2,(H,32,34)(H,33,35)/t23-,24-/m0/s1. The lowest BCUT2D eigenvalue weighted by Crippen LogP contribution is -2.14. The second-order valence-electron chi connectivity index (χ2n) is 9.69. The van der Waals surface area contributed by atoms with Crippen molar-refractivity contribution in [1.29, 1.82) is 0 Å². The lowest BCUT2D eigenvalue weighted by Gasteiger charge is -2.08. The van der Waals surface area contributed by atoms with Crippen molar-refractivity contribution in [2.45, 2.75) is 37.8 Å². The van der Waals surface area contributed by atoms with Crippen LogP contribution in [0.4, 0.5) is 4.39 Å². The number of H-pyrrole nitrogens is 2. The average Bonchev–Trinajstić information content (AvgIpc) is 3.69. The number of benzene rings is 3. The molecule has 35 heavy (non-hydrogen) atoms. The maximum Gasteiger partial charge on any atom is 0.133 e. The number of rotatable bonds is 4. The zero-order valence-electron chi connectivity index (χ0n) is 19.4. The SMILES string of the molecule is Fc1cc(-c2ccc3c(ccc4[nH]c([C@@H]5CCCN5)nc43)c2)ccc1-c1cnc([C@@H]2CCCN2)[nH]1. The molecule has 0 amide bonds. The molecule has 2 atom stereocenters. The van der Waals surface area contributed by atoms with Gasteiger partial charge >= 0.3 is 0 Å². The summed E-state index contributed by atoms with van der Waals surface area (Å²) in [6.07, 6.45) is 6.22. The molecule has 4 heterocycles. The Kier molecular flexibility index (Phi) is 4.92. The Labute approximate surface area is 202 Å². The van der Waals surface area contributed by atoms with Crippen molar-refractivity contribution in [3.8, 4) is 22.4 Å². The predicted molar refractivity (Wildman–Crippen MR) is 137 cm³/mol. The van der Waals surface area contributed by atoms with Crippen molar-refractivity contribution in [3.05, 3.63) is 72.2 Å². The molecular weight excluding hydrogens is 439 g/mol. The first-order valence-corrected chi connectivity index (χ1v) is 12.5. The molecule has 5 aromatic rings. The van der Waals surface area contributed by atoms with Crippen LogP contribution in [0.1, 0.15) is 49.4 Å². The minimum atomic E-state index is -0.256. The molecule has 0 saturated carbocycles. The molecular formula is C28H27FN6. The monoisotopic (exact) mass is 466 g/mol. The fourth-order valence-electron chi connectivity index (χ4n) is 5.57. The number of nitrogens with zero attached hydrogens (tertiary/aromatic N) is 2. The molecule has 0 aliphatic carbocycles. The summed E-state index contributed by atoms with van der Waals surface area (Å²) < 4.78 is 15.2. The summed E-state index contributed by atoms with van der Waals surface area (Å²) >= 11 is 0. The van der Waals surface area contributed by atoms with Crippen LogP contribution < -0.4 is 10.6 Å². The van der Waals surface area contributed by atoms with Crippen LogP contribution in [0.2, 0.25) is 0 Å². The molecule has 2 fully saturated rings. The molecule has 6 nitrogen and oxygen atoms in total. The smallest absolute Gasteiger partial charge is 0.133 e. The summed E-state index contributed by atoms with van der Waals surface area (Å²) in [6.45, 7) is 2.04. The van der Waals surface area contributed by atoms with Crippen molar-refractivity contribution in [3.63, 3.8) is 0 Å². The van der Waals surface area contributed by atoms with Gasteiger partial charge in [0.1, 0.15) is 17.5 Å².